The predicted octanol–water partition coefficient (Wildman–Crippen LogP) is -1.49. The Kier molecular flexibility index (Phi) is 4.16. The molecule has 17 heavy (non-hydrogen) atoms. The molecule has 1 aliphatic heterocycles. The van der Waals surface area contributed by atoms with Gasteiger partial charge in [0.25, 0.3) is 0 Å². The van der Waals surface area contributed by atoms with E-state index in [-0.39, 0.29) is 17.4 Å². The van der Waals surface area contributed by atoms with E-state index in [2.05, 4.69) is 10.6 Å². The summed E-state index contributed by atoms with van der Waals surface area (Å²) >= 11 is 0. The highest BCUT2D eigenvalue weighted by Crippen LogP contribution is 2.17. The Balaban J connectivity index is 2.55. The van der Waals surface area contributed by atoms with Crippen LogP contribution in [0.4, 0.5) is 0 Å². The fourth-order valence-corrected chi connectivity index (χ4v) is 3.60. The maximum atomic E-state index is 11.5. The lowest BCUT2D eigenvalue weighted by Gasteiger charge is -2.25. The van der Waals surface area contributed by atoms with Crippen LogP contribution in [-0.2, 0) is 14.6 Å². The molecule has 1 aliphatic rings. The third-order valence-electron chi connectivity index (χ3n) is 2.97. The SMILES string of the molecule is CNC(=O)C(C)(C)CNC1CS(=O)(=O)CC1O. The van der Waals surface area contributed by atoms with Crippen molar-refractivity contribution in [3.05, 3.63) is 0 Å². The molecule has 0 aromatic carbocycles. The Morgan fingerprint density at radius 1 is 1.41 bits per heavy atom. The number of aliphatic hydroxyl groups is 1. The zero-order valence-corrected chi connectivity index (χ0v) is 11.2. The molecule has 0 aromatic heterocycles. The van der Waals surface area contributed by atoms with Crippen molar-refractivity contribution >= 4 is 15.7 Å². The van der Waals surface area contributed by atoms with Crippen molar-refractivity contribution in [1.29, 1.82) is 0 Å². The van der Waals surface area contributed by atoms with Crippen LogP contribution in [-0.4, -0.2) is 56.7 Å². The molecule has 0 spiro atoms. The lowest BCUT2D eigenvalue weighted by atomic mass is 9.92. The van der Waals surface area contributed by atoms with E-state index >= 15 is 0 Å². The fraction of sp³-hybridized carbons (Fsp3) is 0.900. The number of carbonyl (C=O) groups excluding carboxylic acids is 1. The van der Waals surface area contributed by atoms with E-state index in [1.165, 1.54) is 0 Å². The number of hydrogen-bond donors (Lipinski definition) is 3. The summed E-state index contributed by atoms with van der Waals surface area (Å²) < 4.78 is 22.6. The van der Waals surface area contributed by atoms with Crippen molar-refractivity contribution in [2.24, 2.45) is 5.41 Å². The van der Waals surface area contributed by atoms with Crippen molar-refractivity contribution < 1.29 is 18.3 Å². The van der Waals surface area contributed by atoms with E-state index in [1.54, 1.807) is 20.9 Å². The third kappa shape index (κ3) is 3.65. The monoisotopic (exact) mass is 264 g/mol. The molecule has 2 atom stereocenters. The molecular formula is C10H20N2O4S. The van der Waals surface area contributed by atoms with Crippen LogP contribution in [0.2, 0.25) is 0 Å². The van der Waals surface area contributed by atoms with E-state index in [1.807, 2.05) is 0 Å². The van der Waals surface area contributed by atoms with Crippen molar-refractivity contribution in [3.63, 3.8) is 0 Å². The average molecular weight is 264 g/mol. The second-order valence-corrected chi connectivity index (χ2v) is 7.25. The van der Waals surface area contributed by atoms with Gasteiger partial charge < -0.3 is 15.7 Å². The minimum Gasteiger partial charge on any atom is -0.390 e. The molecule has 1 fully saturated rings. The molecule has 2 unspecified atom stereocenters. The van der Waals surface area contributed by atoms with Gasteiger partial charge in [-0.25, -0.2) is 8.42 Å². The van der Waals surface area contributed by atoms with Gasteiger partial charge in [0.15, 0.2) is 9.84 Å². The zero-order valence-electron chi connectivity index (χ0n) is 10.4. The summed E-state index contributed by atoms with van der Waals surface area (Å²) in [5.41, 5.74) is -0.638. The lowest BCUT2D eigenvalue weighted by Crippen LogP contribution is -2.48. The first-order valence-corrected chi connectivity index (χ1v) is 7.34. The summed E-state index contributed by atoms with van der Waals surface area (Å²) in [6.07, 6.45) is -0.888. The summed E-state index contributed by atoms with van der Waals surface area (Å²) in [7, 11) is -1.60. The molecule has 6 nitrogen and oxygen atoms in total. The Morgan fingerprint density at radius 3 is 2.41 bits per heavy atom. The van der Waals surface area contributed by atoms with Crippen molar-refractivity contribution in [2.75, 3.05) is 25.1 Å². The Labute approximate surface area is 102 Å². The van der Waals surface area contributed by atoms with E-state index < -0.39 is 27.4 Å². The van der Waals surface area contributed by atoms with Crippen LogP contribution in [0.25, 0.3) is 0 Å². The number of nitrogens with one attached hydrogen (secondary N) is 2. The Morgan fingerprint density at radius 2 is 2.00 bits per heavy atom. The third-order valence-corrected chi connectivity index (χ3v) is 4.69. The molecular weight excluding hydrogens is 244 g/mol. The molecule has 100 valence electrons. The minimum atomic E-state index is -3.15. The molecule has 3 N–H and O–H groups in total. The molecule has 7 heteroatoms. The number of aliphatic hydroxyl groups excluding tert-OH is 1. The standard InChI is InChI=1S/C10H20N2O4S/c1-10(2,9(14)11-3)6-12-7-4-17(15,16)5-8(7)13/h7-8,12-13H,4-6H2,1-3H3,(H,11,14). The van der Waals surface area contributed by atoms with Gasteiger partial charge in [-0.15, -0.1) is 0 Å². The van der Waals surface area contributed by atoms with Gasteiger partial charge in [-0.2, -0.15) is 0 Å². The zero-order chi connectivity index (χ0) is 13.3. The number of carbonyl (C=O) groups is 1. The average Bonchev–Trinajstić information content (AvgIpc) is 2.47. The highest BCUT2D eigenvalue weighted by Gasteiger charge is 2.37. The van der Waals surface area contributed by atoms with Crippen LogP contribution in [0.1, 0.15) is 13.8 Å². The molecule has 1 amide bonds. The number of amides is 1. The maximum absolute atomic E-state index is 11.5. The lowest BCUT2D eigenvalue weighted by molar-refractivity contribution is -0.128. The topological polar surface area (TPSA) is 95.5 Å². The molecule has 1 saturated heterocycles. The van der Waals surface area contributed by atoms with Gasteiger partial charge in [0, 0.05) is 19.6 Å². The molecule has 0 aromatic rings. The first-order chi connectivity index (χ1) is 7.68. The van der Waals surface area contributed by atoms with Crippen LogP contribution >= 0.6 is 0 Å². The quantitative estimate of drug-likeness (QED) is 0.575. The van der Waals surface area contributed by atoms with Gasteiger partial charge in [-0.05, 0) is 13.8 Å². The van der Waals surface area contributed by atoms with Crippen LogP contribution in [0, 0.1) is 5.41 Å². The highest BCUT2D eigenvalue weighted by atomic mass is 32.2. The largest absolute Gasteiger partial charge is 0.390 e. The van der Waals surface area contributed by atoms with Crippen LogP contribution < -0.4 is 10.6 Å². The second-order valence-electron chi connectivity index (χ2n) is 5.09. The summed E-state index contributed by atoms with van der Waals surface area (Å²) in [6.45, 7) is 3.84. The molecule has 1 heterocycles. The molecule has 0 aliphatic carbocycles. The van der Waals surface area contributed by atoms with Gasteiger partial charge in [0.2, 0.25) is 5.91 Å². The maximum Gasteiger partial charge on any atom is 0.226 e. The smallest absolute Gasteiger partial charge is 0.226 e. The van der Waals surface area contributed by atoms with Gasteiger partial charge in [0.05, 0.1) is 23.0 Å². The second kappa shape index (κ2) is 4.91. The summed E-state index contributed by atoms with van der Waals surface area (Å²) in [5.74, 6) is -0.399. The van der Waals surface area contributed by atoms with E-state index in [0.717, 1.165) is 0 Å². The number of rotatable bonds is 4. The van der Waals surface area contributed by atoms with Crippen LogP contribution in [0.5, 0.6) is 0 Å². The van der Waals surface area contributed by atoms with Crippen LogP contribution in [0.15, 0.2) is 0 Å². The fourth-order valence-electron chi connectivity index (χ4n) is 1.83. The predicted molar refractivity (Wildman–Crippen MR) is 64.3 cm³/mol. The van der Waals surface area contributed by atoms with Crippen molar-refractivity contribution in [2.45, 2.75) is 26.0 Å². The van der Waals surface area contributed by atoms with Gasteiger partial charge >= 0.3 is 0 Å². The molecule has 0 saturated carbocycles. The summed E-state index contributed by atoms with van der Waals surface area (Å²) in [4.78, 5) is 11.5. The van der Waals surface area contributed by atoms with Crippen molar-refractivity contribution in [1.82, 2.24) is 10.6 Å². The first-order valence-electron chi connectivity index (χ1n) is 5.52. The first kappa shape index (κ1) is 14.4. The van der Waals surface area contributed by atoms with E-state index in [9.17, 15) is 18.3 Å². The number of hydrogen-bond acceptors (Lipinski definition) is 5. The molecule has 0 radical (unpaired) electrons. The van der Waals surface area contributed by atoms with Gasteiger partial charge in [-0.1, -0.05) is 0 Å². The molecule has 0 bridgehead atoms. The highest BCUT2D eigenvalue weighted by molar-refractivity contribution is 7.91. The minimum absolute atomic E-state index is 0.0714. The summed E-state index contributed by atoms with van der Waals surface area (Å²) in [6, 6.07) is -0.482. The van der Waals surface area contributed by atoms with Crippen LogP contribution in [0.3, 0.4) is 0 Å². The Bertz CT molecular complexity index is 391. The van der Waals surface area contributed by atoms with Gasteiger partial charge in [0.1, 0.15) is 0 Å². The normalized spacial score (nSPS) is 28.0. The number of sulfone groups is 1. The van der Waals surface area contributed by atoms with Gasteiger partial charge in [-0.3, -0.25) is 4.79 Å². The summed E-state index contributed by atoms with van der Waals surface area (Å²) in [5, 5.41) is 15.1. The van der Waals surface area contributed by atoms with E-state index in [4.69, 9.17) is 0 Å². The Hall–Kier alpha value is -0.660. The molecule has 1 rings (SSSR count). The van der Waals surface area contributed by atoms with Crippen molar-refractivity contribution in [3.8, 4) is 0 Å². The van der Waals surface area contributed by atoms with E-state index in [0.29, 0.717) is 6.54 Å².